The van der Waals surface area contributed by atoms with E-state index in [1.165, 1.54) is 19.8 Å². The molecule has 160 valence electrons. The van der Waals surface area contributed by atoms with E-state index in [-0.39, 0.29) is 17.9 Å². The molecule has 1 aliphatic rings. The highest BCUT2D eigenvalue weighted by Crippen LogP contribution is 2.41. The monoisotopic (exact) mass is 388 g/mol. The number of aliphatic hydroxyl groups excluding tert-OH is 1. The van der Waals surface area contributed by atoms with Gasteiger partial charge in [-0.25, -0.2) is 0 Å². The number of ether oxygens (including phenoxy) is 4. The fourth-order valence-corrected chi connectivity index (χ4v) is 4.28. The molecule has 0 spiro atoms. The van der Waals surface area contributed by atoms with Crippen LogP contribution in [0.2, 0.25) is 0 Å². The lowest BCUT2D eigenvalue weighted by Gasteiger charge is -2.52. The lowest BCUT2D eigenvalue weighted by atomic mass is 9.75. The Hall–Kier alpha value is -0.500. The maximum Gasteiger partial charge on any atom is 0.163 e. The minimum Gasteiger partial charge on any atom is -0.390 e. The van der Waals surface area contributed by atoms with E-state index in [1.54, 1.807) is 13.8 Å². The van der Waals surface area contributed by atoms with E-state index in [2.05, 4.69) is 26.8 Å². The molecule has 6 nitrogen and oxygen atoms in total. The zero-order chi connectivity index (χ0) is 21.2. The van der Waals surface area contributed by atoms with E-state index in [9.17, 15) is 10.2 Å². The molecule has 4 unspecified atom stereocenters. The maximum atomic E-state index is 11.3. The highest BCUT2D eigenvalue weighted by Gasteiger charge is 2.53. The molecule has 0 amide bonds. The fraction of sp³-hybridized carbons (Fsp3) is 0.905. The van der Waals surface area contributed by atoms with Crippen LogP contribution >= 0.6 is 0 Å². The second-order valence-corrected chi connectivity index (χ2v) is 8.85. The Kier molecular flexibility index (Phi) is 8.48. The lowest BCUT2D eigenvalue weighted by Crippen LogP contribution is -2.64. The van der Waals surface area contributed by atoms with E-state index in [4.69, 9.17) is 18.9 Å². The van der Waals surface area contributed by atoms with E-state index in [1.807, 2.05) is 20.8 Å². The quantitative estimate of drug-likeness (QED) is 0.491. The van der Waals surface area contributed by atoms with Gasteiger partial charge >= 0.3 is 0 Å². The normalized spacial score (nSPS) is 31.1. The largest absolute Gasteiger partial charge is 0.390 e. The third-order valence-corrected chi connectivity index (χ3v) is 5.51. The van der Waals surface area contributed by atoms with Gasteiger partial charge in [-0.05, 0) is 34.6 Å². The first-order valence-electron chi connectivity index (χ1n) is 9.75. The summed E-state index contributed by atoms with van der Waals surface area (Å²) < 4.78 is 22.9. The highest BCUT2D eigenvalue weighted by atomic mass is 16.7. The van der Waals surface area contributed by atoms with Gasteiger partial charge < -0.3 is 29.2 Å². The van der Waals surface area contributed by atoms with Crippen molar-refractivity contribution in [2.45, 2.75) is 91.4 Å². The Balaban J connectivity index is 3.17. The molecule has 1 saturated heterocycles. The van der Waals surface area contributed by atoms with Crippen LogP contribution in [0.1, 0.15) is 55.4 Å². The topological polar surface area (TPSA) is 77.4 Å². The Bertz CT molecular complexity index is 493. The van der Waals surface area contributed by atoms with Gasteiger partial charge in [0.25, 0.3) is 0 Å². The molecule has 1 heterocycles. The van der Waals surface area contributed by atoms with E-state index in [0.717, 1.165) is 0 Å². The third-order valence-electron chi connectivity index (χ3n) is 5.51. The van der Waals surface area contributed by atoms with Crippen molar-refractivity contribution < 1.29 is 29.2 Å². The molecule has 1 aliphatic heterocycles. The van der Waals surface area contributed by atoms with Crippen molar-refractivity contribution in [2.24, 2.45) is 17.8 Å². The van der Waals surface area contributed by atoms with Gasteiger partial charge in [0.15, 0.2) is 12.1 Å². The van der Waals surface area contributed by atoms with Crippen molar-refractivity contribution in [1.29, 1.82) is 0 Å². The van der Waals surface area contributed by atoms with Crippen LogP contribution in [-0.2, 0) is 18.9 Å². The van der Waals surface area contributed by atoms with Crippen LogP contribution in [0, 0.1) is 17.8 Å². The van der Waals surface area contributed by atoms with Crippen LogP contribution in [0.4, 0.5) is 0 Å². The van der Waals surface area contributed by atoms with Gasteiger partial charge in [-0.1, -0.05) is 32.4 Å². The zero-order valence-corrected chi connectivity index (χ0v) is 18.6. The third kappa shape index (κ3) is 5.75. The number of rotatable bonds is 8. The second kappa shape index (κ2) is 9.33. The van der Waals surface area contributed by atoms with Gasteiger partial charge in [0.1, 0.15) is 5.60 Å². The van der Waals surface area contributed by atoms with Gasteiger partial charge in [0.05, 0.1) is 18.3 Å². The number of hydrogen-bond donors (Lipinski definition) is 2. The Morgan fingerprint density at radius 2 is 1.67 bits per heavy atom. The molecule has 0 aromatic rings. The number of hydrogen-bond acceptors (Lipinski definition) is 6. The van der Waals surface area contributed by atoms with E-state index >= 15 is 0 Å². The number of aliphatic hydroxyl groups is 2. The minimum atomic E-state index is -1.52. The van der Waals surface area contributed by atoms with Gasteiger partial charge in [-0.2, -0.15) is 0 Å². The van der Waals surface area contributed by atoms with Crippen molar-refractivity contribution in [3.8, 4) is 0 Å². The van der Waals surface area contributed by atoms with Gasteiger partial charge in [0.2, 0.25) is 0 Å². The fourth-order valence-electron chi connectivity index (χ4n) is 4.28. The molecule has 0 aromatic carbocycles. The van der Waals surface area contributed by atoms with Crippen LogP contribution < -0.4 is 0 Å². The molecule has 7 atom stereocenters. The summed E-state index contributed by atoms with van der Waals surface area (Å²) in [7, 11) is 3.03. The maximum absolute atomic E-state index is 11.3. The molecule has 0 aromatic heterocycles. The molecule has 0 bridgehead atoms. The van der Waals surface area contributed by atoms with Crippen molar-refractivity contribution in [3.63, 3.8) is 0 Å². The Labute approximate surface area is 164 Å². The van der Waals surface area contributed by atoms with Crippen LogP contribution in [0.5, 0.6) is 0 Å². The standard InChI is InChI=1S/C21H40O6/c1-12(2)11-13(3)16-14(4)18(27-20(6,7)26-16)21(8,23)17(22)15(5)19(24-9)25-10/h11,13-19,22-23H,1-10H3/t13?,14?,15-,16?,17-,18?,21-/m0/s1. The molecule has 6 heteroatoms. The van der Waals surface area contributed by atoms with Crippen LogP contribution in [0.3, 0.4) is 0 Å². The predicted molar refractivity (Wildman–Crippen MR) is 105 cm³/mol. The Morgan fingerprint density at radius 1 is 1.15 bits per heavy atom. The number of methoxy groups -OCH3 is 2. The molecule has 2 N–H and O–H groups in total. The molecular weight excluding hydrogens is 348 g/mol. The summed E-state index contributed by atoms with van der Waals surface area (Å²) in [5.74, 6) is -1.32. The number of allylic oxidation sites excluding steroid dienone is 1. The Morgan fingerprint density at radius 3 is 2.11 bits per heavy atom. The summed E-state index contributed by atoms with van der Waals surface area (Å²) in [6.07, 6.45) is -0.341. The molecule has 0 radical (unpaired) electrons. The second-order valence-electron chi connectivity index (χ2n) is 8.85. The van der Waals surface area contributed by atoms with Crippen LogP contribution in [0.25, 0.3) is 0 Å². The summed E-state index contributed by atoms with van der Waals surface area (Å²) in [5.41, 5.74) is -0.305. The molecule has 1 rings (SSSR count). The molecular formula is C21H40O6. The van der Waals surface area contributed by atoms with Gasteiger partial charge in [-0.15, -0.1) is 0 Å². The van der Waals surface area contributed by atoms with Crippen LogP contribution in [-0.4, -0.2) is 60.4 Å². The van der Waals surface area contributed by atoms with Crippen LogP contribution in [0.15, 0.2) is 11.6 Å². The average Bonchev–Trinajstić information content (AvgIpc) is 2.55. The molecule has 0 aliphatic carbocycles. The van der Waals surface area contributed by atoms with Gasteiger partial charge in [0, 0.05) is 32.0 Å². The average molecular weight is 389 g/mol. The predicted octanol–water partition coefficient (Wildman–Crippen LogP) is 3.11. The van der Waals surface area contributed by atoms with E-state index in [0.29, 0.717) is 0 Å². The summed E-state index contributed by atoms with van der Waals surface area (Å²) in [6, 6.07) is 0. The highest BCUT2D eigenvalue weighted by molar-refractivity contribution is 5.05. The minimum absolute atomic E-state index is 0.135. The first-order valence-corrected chi connectivity index (χ1v) is 9.75. The zero-order valence-electron chi connectivity index (χ0n) is 18.6. The SMILES string of the molecule is COC(OC)[C@@H](C)[C@H](O)[C@](C)(O)C1OC(C)(C)OC(C(C)C=C(C)C)C1C. The molecule has 0 saturated carbocycles. The van der Waals surface area contributed by atoms with Gasteiger partial charge in [-0.3, -0.25) is 0 Å². The molecule has 1 fully saturated rings. The summed E-state index contributed by atoms with van der Waals surface area (Å²) in [4.78, 5) is 0. The first kappa shape index (κ1) is 24.5. The van der Waals surface area contributed by atoms with Crippen molar-refractivity contribution >= 4 is 0 Å². The van der Waals surface area contributed by atoms with Crippen molar-refractivity contribution in [3.05, 3.63) is 11.6 Å². The van der Waals surface area contributed by atoms with Crippen molar-refractivity contribution in [1.82, 2.24) is 0 Å². The summed E-state index contributed by atoms with van der Waals surface area (Å²) >= 11 is 0. The lowest BCUT2D eigenvalue weighted by molar-refractivity contribution is -0.359. The smallest absolute Gasteiger partial charge is 0.163 e. The molecule has 27 heavy (non-hydrogen) atoms. The first-order chi connectivity index (χ1) is 12.3. The summed E-state index contributed by atoms with van der Waals surface area (Å²) in [6.45, 7) is 15.3. The summed E-state index contributed by atoms with van der Waals surface area (Å²) in [5, 5.41) is 22.3. The van der Waals surface area contributed by atoms with Crippen molar-refractivity contribution in [2.75, 3.05) is 14.2 Å². The van der Waals surface area contributed by atoms with E-state index < -0.39 is 35.8 Å².